The number of aliphatic hydroxyl groups excluding tert-OH is 2. The number of phosphoric acid groups is 1. The van der Waals surface area contributed by atoms with Gasteiger partial charge < -0.3 is 38.7 Å². The quantitative estimate of drug-likeness (QED) is 0.0407. The van der Waals surface area contributed by atoms with E-state index in [1.165, 1.54) is 89.9 Å². The van der Waals surface area contributed by atoms with Crippen molar-refractivity contribution in [2.24, 2.45) is 41.4 Å². The first-order valence-corrected chi connectivity index (χ1v) is 24.6. The summed E-state index contributed by atoms with van der Waals surface area (Å²) in [6, 6.07) is 0. The van der Waals surface area contributed by atoms with Crippen LogP contribution in [0.4, 0.5) is 0 Å². The molecule has 0 aliphatic heterocycles. The monoisotopic (exact) mass is 822 g/mol. The summed E-state index contributed by atoms with van der Waals surface area (Å²) in [4.78, 5) is 12.3. The Bertz CT molecular complexity index is 932. The molecule has 7 unspecified atom stereocenters. The van der Waals surface area contributed by atoms with Crippen molar-refractivity contribution in [3.63, 3.8) is 0 Å². The highest BCUT2D eigenvalue weighted by Gasteiger charge is 2.23. The van der Waals surface area contributed by atoms with Crippen molar-refractivity contribution < 1.29 is 43.3 Å². The molecule has 0 saturated carbocycles. The van der Waals surface area contributed by atoms with Gasteiger partial charge in [-0.05, 0) is 67.6 Å². The molecule has 0 aromatic rings. The molecule has 0 saturated heterocycles. The Kier molecular flexibility index (Phi) is 33.6. The zero-order valence-corrected chi connectivity index (χ0v) is 39.2. The maximum absolute atomic E-state index is 12.3. The Balaban J connectivity index is 4.62. The largest absolute Gasteiger partial charge is 0.756 e. The Morgan fingerprint density at radius 1 is 0.554 bits per heavy atom. The summed E-state index contributed by atoms with van der Waals surface area (Å²) in [6.07, 6.45) is 21.4. The van der Waals surface area contributed by atoms with Crippen LogP contribution >= 0.6 is 7.82 Å². The van der Waals surface area contributed by atoms with E-state index in [9.17, 15) is 19.7 Å². The zero-order chi connectivity index (χ0) is 42.4. The lowest BCUT2D eigenvalue weighted by molar-refractivity contribution is -0.230. The fraction of sp³-hybridized carbons (Fsp3) is 1.00. The van der Waals surface area contributed by atoms with Gasteiger partial charge in [0.2, 0.25) is 0 Å². The SMILES string of the molecule is CC(C)CCCC(C)CCCC(C)CCCC(C)CCOC[C@@H](COP(=O)([O-])OC[C@H](O)CO)OCCC(C)(O)CCCC(C)CCCC(C)CCCC(C)C. The van der Waals surface area contributed by atoms with Gasteiger partial charge in [0.1, 0.15) is 12.2 Å². The Morgan fingerprint density at radius 3 is 1.38 bits per heavy atom. The van der Waals surface area contributed by atoms with Crippen LogP contribution in [0.1, 0.15) is 198 Å². The molecule has 56 heavy (non-hydrogen) atoms. The minimum Gasteiger partial charge on any atom is -0.756 e. The minimum atomic E-state index is -4.73. The summed E-state index contributed by atoms with van der Waals surface area (Å²) in [5.41, 5.74) is -0.896. The molecular weight excluding hydrogens is 727 g/mol. The second kappa shape index (κ2) is 33.6. The van der Waals surface area contributed by atoms with Crippen molar-refractivity contribution in [3.8, 4) is 0 Å². The molecule has 0 spiro atoms. The Hall–Kier alpha value is -0.0900. The molecule has 0 aromatic carbocycles. The third-order valence-corrected chi connectivity index (χ3v) is 12.6. The van der Waals surface area contributed by atoms with Crippen LogP contribution in [0.2, 0.25) is 0 Å². The van der Waals surface area contributed by atoms with Gasteiger partial charge in [-0.3, -0.25) is 4.57 Å². The van der Waals surface area contributed by atoms with Crippen molar-refractivity contribution in [1.29, 1.82) is 0 Å². The second-order valence-corrected chi connectivity index (χ2v) is 20.7. The summed E-state index contributed by atoms with van der Waals surface area (Å²) in [7, 11) is -4.73. The van der Waals surface area contributed by atoms with Crippen LogP contribution in [0, 0.1) is 41.4 Å². The molecule has 10 heteroatoms. The van der Waals surface area contributed by atoms with Crippen LogP contribution in [0.15, 0.2) is 0 Å². The van der Waals surface area contributed by atoms with Crippen molar-refractivity contribution in [2.75, 3.05) is 39.6 Å². The highest BCUT2D eigenvalue weighted by molar-refractivity contribution is 7.45. The molecule has 0 aliphatic rings. The van der Waals surface area contributed by atoms with Gasteiger partial charge in [-0.1, -0.05) is 171 Å². The van der Waals surface area contributed by atoms with E-state index >= 15 is 0 Å². The highest BCUT2D eigenvalue weighted by Crippen LogP contribution is 2.38. The molecule has 338 valence electrons. The van der Waals surface area contributed by atoms with Gasteiger partial charge in [0.05, 0.1) is 32.0 Å². The summed E-state index contributed by atoms with van der Waals surface area (Å²) >= 11 is 0. The van der Waals surface area contributed by atoms with E-state index in [4.69, 9.17) is 23.6 Å². The maximum atomic E-state index is 12.3. The van der Waals surface area contributed by atoms with Gasteiger partial charge in [0.25, 0.3) is 7.82 Å². The van der Waals surface area contributed by atoms with Crippen LogP contribution in [0.5, 0.6) is 0 Å². The molecule has 0 bridgehead atoms. The fourth-order valence-electron chi connectivity index (χ4n) is 7.40. The molecule has 0 radical (unpaired) electrons. The van der Waals surface area contributed by atoms with Crippen LogP contribution in [0.25, 0.3) is 0 Å². The molecule has 0 aliphatic carbocycles. The van der Waals surface area contributed by atoms with Gasteiger partial charge in [-0.15, -0.1) is 0 Å². The van der Waals surface area contributed by atoms with Gasteiger partial charge >= 0.3 is 0 Å². The highest BCUT2D eigenvalue weighted by atomic mass is 31.2. The predicted octanol–water partition coefficient (Wildman–Crippen LogP) is 11.3. The van der Waals surface area contributed by atoms with Gasteiger partial charge in [-0.25, -0.2) is 0 Å². The summed E-state index contributed by atoms with van der Waals surface area (Å²) < 4.78 is 34.1. The third kappa shape index (κ3) is 35.8. The van der Waals surface area contributed by atoms with E-state index in [0.717, 1.165) is 55.3 Å². The van der Waals surface area contributed by atoms with Crippen LogP contribution in [-0.4, -0.2) is 72.8 Å². The normalized spacial score (nSPS) is 18.4. The van der Waals surface area contributed by atoms with E-state index in [-0.39, 0.29) is 19.8 Å². The number of phosphoric ester groups is 1. The Morgan fingerprint density at radius 2 is 0.946 bits per heavy atom. The van der Waals surface area contributed by atoms with E-state index in [1.54, 1.807) is 0 Å². The molecule has 0 amide bonds. The van der Waals surface area contributed by atoms with Crippen LogP contribution < -0.4 is 4.89 Å². The first-order chi connectivity index (χ1) is 26.3. The number of rotatable bonds is 40. The number of aliphatic hydroxyl groups is 3. The molecular formula is C46H94O9P-. The van der Waals surface area contributed by atoms with Gasteiger partial charge in [0.15, 0.2) is 0 Å². The smallest absolute Gasteiger partial charge is 0.268 e. The van der Waals surface area contributed by atoms with Crippen LogP contribution in [0.3, 0.4) is 0 Å². The third-order valence-electron chi connectivity index (χ3n) is 11.7. The van der Waals surface area contributed by atoms with Crippen molar-refractivity contribution >= 4 is 7.82 Å². The topological polar surface area (TPSA) is 138 Å². The first-order valence-electron chi connectivity index (χ1n) is 23.1. The van der Waals surface area contributed by atoms with Crippen molar-refractivity contribution in [1.82, 2.24) is 0 Å². The van der Waals surface area contributed by atoms with E-state index in [1.807, 2.05) is 6.92 Å². The number of ether oxygens (including phenoxy) is 2. The zero-order valence-electron chi connectivity index (χ0n) is 38.3. The van der Waals surface area contributed by atoms with Gasteiger partial charge in [0, 0.05) is 13.2 Å². The first kappa shape index (κ1) is 55.9. The molecule has 0 heterocycles. The molecule has 0 aromatic heterocycles. The average molecular weight is 822 g/mol. The minimum absolute atomic E-state index is 0.148. The van der Waals surface area contributed by atoms with Crippen molar-refractivity contribution in [3.05, 3.63) is 0 Å². The van der Waals surface area contributed by atoms with Gasteiger partial charge in [-0.2, -0.15) is 0 Å². The standard InChI is InChI=1S/C46H95O9P/c1-37(2)17-11-19-39(5)21-13-23-41(7)24-15-26-43(9)28-31-52-35-45(36-55-56(50,51)54-34-44(48)33-47)53-32-30-46(10,49)29-16-27-42(8)25-14-22-40(6)20-12-18-38(3)4/h37-45,47-49H,11-36H2,1-10H3,(H,50,51)/p-1/t39?,40?,41?,42?,43?,44-,45+,46?/m1/s1. The molecule has 3 N–H and O–H groups in total. The number of hydrogen-bond acceptors (Lipinski definition) is 9. The average Bonchev–Trinajstić information content (AvgIpc) is 3.10. The summed E-state index contributed by atoms with van der Waals surface area (Å²) in [5, 5.41) is 29.6. The molecule has 9 nitrogen and oxygen atoms in total. The second-order valence-electron chi connectivity index (χ2n) is 19.3. The van der Waals surface area contributed by atoms with Crippen LogP contribution in [-0.2, 0) is 23.1 Å². The lowest BCUT2D eigenvalue weighted by Gasteiger charge is -2.28. The predicted molar refractivity (Wildman–Crippen MR) is 232 cm³/mol. The molecule has 0 fully saturated rings. The maximum Gasteiger partial charge on any atom is 0.268 e. The van der Waals surface area contributed by atoms with E-state index in [2.05, 4.69) is 62.3 Å². The lowest BCUT2D eigenvalue weighted by atomic mass is 9.89. The summed E-state index contributed by atoms with van der Waals surface area (Å²) in [6.45, 7) is 22.2. The molecule has 9 atom stereocenters. The van der Waals surface area contributed by atoms with E-state index < -0.39 is 38.8 Å². The van der Waals surface area contributed by atoms with Crippen molar-refractivity contribution in [2.45, 2.75) is 215 Å². The Labute approximate surface area is 346 Å². The molecule has 0 rings (SSSR count). The number of hydrogen-bond donors (Lipinski definition) is 3. The fourth-order valence-corrected chi connectivity index (χ4v) is 8.18. The van der Waals surface area contributed by atoms with E-state index in [0.29, 0.717) is 31.3 Å². The summed E-state index contributed by atoms with van der Waals surface area (Å²) in [5.74, 6) is 5.12. The lowest BCUT2D eigenvalue weighted by Crippen LogP contribution is -2.31.